The van der Waals surface area contributed by atoms with E-state index in [1.165, 1.54) is 11.3 Å². The summed E-state index contributed by atoms with van der Waals surface area (Å²) in [7, 11) is 3.74. The van der Waals surface area contributed by atoms with Crippen LogP contribution in [0.25, 0.3) is 0 Å². The quantitative estimate of drug-likeness (QED) is 0.732. The highest BCUT2D eigenvalue weighted by atomic mass is 32.2. The largest absolute Gasteiger partial charge is 0.368 e. The SMILES string of the molecule is CCCNc1nnc(SC(C)c2nc(N)nc(N(C)C)n2)s1. The number of hydrogen-bond acceptors (Lipinski definition) is 10. The van der Waals surface area contributed by atoms with Crippen LogP contribution in [-0.4, -0.2) is 45.8 Å². The molecule has 0 radical (unpaired) electrons. The van der Waals surface area contributed by atoms with Gasteiger partial charge in [0.05, 0.1) is 5.25 Å². The molecule has 0 bridgehead atoms. The Hall–Kier alpha value is -1.68. The first kappa shape index (κ1) is 16.7. The number of nitrogens with zero attached hydrogens (tertiary/aromatic N) is 6. The van der Waals surface area contributed by atoms with Crippen molar-refractivity contribution in [2.24, 2.45) is 0 Å². The van der Waals surface area contributed by atoms with Crippen LogP contribution in [0, 0.1) is 0 Å². The second-order valence-electron chi connectivity index (χ2n) is 4.81. The highest BCUT2D eigenvalue weighted by Crippen LogP contribution is 2.36. The summed E-state index contributed by atoms with van der Waals surface area (Å²) in [5.41, 5.74) is 5.75. The van der Waals surface area contributed by atoms with Crippen LogP contribution in [0.3, 0.4) is 0 Å². The lowest BCUT2D eigenvalue weighted by Crippen LogP contribution is -2.16. The topological polar surface area (TPSA) is 106 Å². The Balaban J connectivity index is 2.08. The highest BCUT2D eigenvalue weighted by molar-refractivity contribution is 8.01. The average molecular weight is 340 g/mol. The molecule has 2 aromatic heterocycles. The fraction of sp³-hybridized carbons (Fsp3) is 0.583. The molecule has 0 aliphatic heterocycles. The van der Waals surface area contributed by atoms with Gasteiger partial charge in [-0.15, -0.1) is 10.2 Å². The number of hydrogen-bond donors (Lipinski definition) is 2. The van der Waals surface area contributed by atoms with E-state index < -0.39 is 0 Å². The maximum Gasteiger partial charge on any atom is 0.229 e. The van der Waals surface area contributed by atoms with Gasteiger partial charge in [-0.25, -0.2) is 0 Å². The van der Waals surface area contributed by atoms with Crippen LogP contribution in [0.1, 0.15) is 31.3 Å². The lowest BCUT2D eigenvalue weighted by molar-refractivity contribution is 0.863. The molecule has 3 N–H and O–H groups in total. The van der Waals surface area contributed by atoms with Crippen LogP contribution in [-0.2, 0) is 0 Å². The smallest absolute Gasteiger partial charge is 0.229 e. The van der Waals surface area contributed by atoms with Gasteiger partial charge in [0.25, 0.3) is 0 Å². The van der Waals surface area contributed by atoms with E-state index >= 15 is 0 Å². The first-order valence-electron chi connectivity index (χ1n) is 6.92. The third-order valence-corrected chi connectivity index (χ3v) is 4.69. The lowest BCUT2D eigenvalue weighted by Gasteiger charge is -2.13. The minimum Gasteiger partial charge on any atom is -0.368 e. The third kappa shape index (κ3) is 4.41. The normalized spacial score (nSPS) is 12.2. The van der Waals surface area contributed by atoms with Gasteiger partial charge in [0.2, 0.25) is 17.0 Å². The zero-order chi connectivity index (χ0) is 16.1. The molecule has 1 unspecified atom stereocenters. The van der Waals surface area contributed by atoms with E-state index in [1.807, 2.05) is 21.0 Å². The van der Waals surface area contributed by atoms with E-state index in [9.17, 15) is 0 Å². The maximum atomic E-state index is 5.75. The molecule has 0 amide bonds. The molecule has 0 aliphatic rings. The van der Waals surface area contributed by atoms with Crippen molar-refractivity contribution >= 4 is 40.1 Å². The predicted molar refractivity (Wildman–Crippen MR) is 91.5 cm³/mol. The van der Waals surface area contributed by atoms with Gasteiger partial charge >= 0.3 is 0 Å². The number of nitrogen functional groups attached to an aromatic ring is 1. The van der Waals surface area contributed by atoms with E-state index in [0.717, 1.165) is 22.4 Å². The fourth-order valence-corrected chi connectivity index (χ4v) is 3.51. The summed E-state index contributed by atoms with van der Waals surface area (Å²) < 4.78 is 0.872. The maximum absolute atomic E-state index is 5.75. The van der Waals surface area contributed by atoms with E-state index in [-0.39, 0.29) is 11.2 Å². The summed E-state index contributed by atoms with van der Waals surface area (Å²) in [6.45, 7) is 5.02. The van der Waals surface area contributed by atoms with Crippen molar-refractivity contribution in [2.75, 3.05) is 36.6 Å². The van der Waals surface area contributed by atoms with Gasteiger partial charge in [-0.2, -0.15) is 15.0 Å². The lowest BCUT2D eigenvalue weighted by atomic mass is 10.4. The Morgan fingerprint density at radius 3 is 2.73 bits per heavy atom. The zero-order valence-corrected chi connectivity index (χ0v) is 14.7. The molecule has 8 nitrogen and oxygen atoms in total. The van der Waals surface area contributed by atoms with Crippen molar-refractivity contribution in [2.45, 2.75) is 29.9 Å². The number of nitrogens with one attached hydrogen (secondary N) is 1. The van der Waals surface area contributed by atoms with Crippen molar-refractivity contribution in [3.05, 3.63) is 5.82 Å². The molecule has 2 heterocycles. The Morgan fingerprint density at radius 2 is 2.05 bits per heavy atom. The van der Waals surface area contributed by atoms with Crippen LogP contribution >= 0.6 is 23.1 Å². The summed E-state index contributed by atoms with van der Waals surface area (Å²) in [5.74, 6) is 1.42. The van der Waals surface area contributed by atoms with Crippen LogP contribution < -0.4 is 16.0 Å². The molecule has 2 rings (SSSR count). The predicted octanol–water partition coefficient (Wildman–Crippen LogP) is 2.05. The summed E-state index contributed by atoms with van der Waals surface area (Å²) in [6.07, 6.45) is 1.05. The van der Waals surface area contributed by atoms with Gasteiger partial charge < -0.3 is 16.0 Å². The van der Waals surface area contributed by atoms with Crippen LogP contribution in [0.2, 0.25) is 0 Å². The Morgan fingerprint density at radius 1 is 1.27 bits per heavy atom. The highest BCUT2D eigenvalue weighted by Gasteiger charge is 2.16. The van der Waals surface area contributed by atoms with Crippen molar-refractivity contribution in [1.82, 2.24) is 25.1 Å². The molecule has 0 spiro atoms. The number of rotatable bonds is 7. The molecule has 120 valence electrons. The van der Waals surface area contributed by atoms with Gasteiger partial charge in [0.15, 0.2) is 4.34 Å². The Bertz CT molecular complexity index is 615. The number of anilines is 3. The van der Waals surface area contributed by atoms with Gasteiger partial charge in [0.1, 0.15) is 5.82 Å². The molecule has 0 fully saturated rings. The van der Waals surface area contributed by atoms with E-state index in [1.54, 1.807) is 16.7 Å². The molecule has 0 aromatic carbocycles. The van der Waals surface area contributed by atoms with E-state index in [2.05, 4.69) is 37.4 Å². The molecular formula is C12H20N8S2. The molecule has 10 heteroatoms. The second kappa shape index (κ2) is 7.54. The van der Waals surface area contributed by atoms with E-state index in [0.29, 0.717) is 11.8 Å². The molecule has 0 saturated heterocycles. The summed E-state index contributed by atoms with van der Waals surface area (Å²) in [4.78, 5) is 14.5. The molecule has 2 aromatic rings. The van der Waals surface area contributed by atoms with Crippen LogP contribution in [0.15, 0.2) is 4.34 Å². The van der Waals surface area contributed by atoms with Crippen molar-refractivity contribution in [3.8, 4) is 0 Å². The zero-order valence-electron chi connectivity index (χ0n) is 13.1. The van der Waals surface area contributed by atoms with Crippen LogP contribution in [0.4, 0.5) is 17.0 Å². The standard InChI is InChI=1S/C12H20N8S2/c1-5-6-14-11-18-19-12(22-11)21-7(2)8-15-9(13)17-10(16-8)20(3)4/h7H,5-6H2,1-4H3,(H,14,18)(H2,13,15,16,17). The molecule has 1 atom stereocenters. The average Bonchev–Trinajstić information content (AvgIpc) is 2.91. The number of nitrogens with two attached hydrogens (primary N) is 1. The van der Waals surface area contributed by atoms with Crippen LogP contribution in [0.5, 0.6) is 0 Å². The van der Waals surface area contributed by atoms with Gasteiger partial charge in [-0.05, 0) is 13.3 Å². The van der Waals surface area contributed by atoms with Crippen molar-refractivity contribution in [1.29, 1.82) is 0 Å². The molecular weight excluding hydrogens is 320 g/mol. The number of aromatic nitrogens is 5. The molecule has 0 aliphatic carbocycles. The second-order valence-corrected chi connectivity index (χ2v) is 7.37. The molecule has 22 heavy (non-hydrogen) atoms. The summed E-state index contributed by atoms with van der Waals surface area (Å²) >= 11 is 3.09. The fourth-order valence-electron chi connectivity index (χ4n) is 1.54. The van der Waals surface area contributed by atoms with Gasteiger partial charge in [-0.1, -0.05) is 30.0 Å². The first-order chi connectivity index (χ1) is 10.5. The van der Waals surface area contributed by atoms with Crippen molar-refractivity contribution in [3.63, 3.8) is 0 Å². The minimum atomic E-state index is 0.0102. The van der Waals surface area contributed by atoms with Crippen molar-refractivity contribution < 1.29 is 0 Å². The molecule has 0 saturated carbocycles. The Labute approximate surface area is 138 Å². The minimum absolute atomic E-state index is 0.0102. The first-order valence-corrected chi connectivity index (χ1v) is 8.62. The third-order valence-electron chi connectivity index (χ3n) is 2.63. The Kier molecular flexibility index (Phi) is 5.72. The van der Waals surface area contributed by atoms with Gasteiger partial charge in [-0.3, -0.25) is 0 Å². The summed E-state index contributed by atoms with van der Waals surface area (Å²) in [5, 5.41) is 12.4. The summed E-state index contributed by atoms with van der Waals surface area (Å²) in [6, 6.07) is 0. The van der Waals surface area contributed by atoms with Gasteiger partial charge in [0, 0.05) is 20.6 Å². The van der Waals surface area contributed by atoms with E-state index in [4.69, 9.17) is 5.73 Å². The number of thioether (sulfide) groups is 1. The monoisotopic (exact) mass is 340 g/mol.